The van der Waals surface area contributed by atoms with E-state index in [1.54, 1.807) is 24.3 Å². The van der Waals surface area contributed by atoms with Gasteiger partial charge in [0.15, 0.2) is 17.1 Å². The fourth-order valence-electron chi connectivity index (χ4n) is 2.58. The van der Waals surface area contributed by atoms with Crippen LogP contribution in [0.3, 0.4) is 0 Å². The molecule has 0 N–H and O–H groups in total. The average Bonchev–Trinajstić information content (AvgIpc) is 2.65. The molecule has 126 valence electrons. The third-order valence-corrected chi connectivity index (χ3v) is 4.02. The summed E-state index contributed by atoms with van der Waals surface area (Å²) in [6.45, 7) is 2.09. The van der Waals surface area contributed by atoms with E-state index in [1.165, 1.54) is 24.8 Å². The van der Waals surface area contributed by atoms with Crippen LogP contribution >= 0.6 is 0 Å². The van der Waals surface area contributed by atoms with Gasteiger partial charge in [0.2, 0.25) is 0 Å². The number of allylic oxidation sites excluding steroid dienone is 1. The number of hydrogen-bond acceptors (Lipinski definition) is 4. The van der Waals surface area contributed by atoms with Crippen molar-refractivity contribution in [2.45, 2.75) is 13.3 Å². The normalized spacial score (nSPS) is 11.1. The van der Waals surface area contributed by atoms with Crippen molar-refractivity contribution in [2.75, 3.05) is 7.11 Å². The van der Waals surface area contributed by atoms with Gasteiger partial charge in [-0.1, -0.05) is 49.4 Å². The molecule has 4 heteroatoms. The molecule has 0 aliphatic rings. The van der Waals surface area contributed by atoms with Crippen LogP contribution < -0.4 is 10.4 Å². The molecule has 0 unspecified atom stereocenters. The Labute approximate surface area is 145 Å². The largest absolute Gasteiger partial charge is 0.493 e. The minimum Gasteiger partial charge on any atom is -0.493 e. The quantitative estimate of drug-likeness (QED) is 0.397. The molecule has 0 spiro atoms. The standard InChI is InChI=1S/C21H18O4/c1-3-14-7-9-15(10-8-14)11-12-18(22)17-13-16-5-4-6-19(24-2)20(16)25-21(17)23/h4-13H,3H2,1-2H3/b12-11+. The molecule has 0 amide bonds. The van der Waals surface area contributed by atoms with Gasteiger partial charge in [0.25, 0.3) is 0 Å². The van der Waals surface area contributed by atoms with Gasteiger partial charge >= 0.3 is 5.63 Å². The van der Waals surface area contributed by atoms with E-state index in [-0.39, 0.29) is 5.56 Å². The predicted octanol–water partition coefficient (Wildman–Crippen LogP) is 4.26. The summed E-state index contributed by atoms with van der Waals surface area (Å²) in [7, 11) is 1.50. The second-order valence-electron chi connectivity index (χ2n) is 5.62. The van der Waals surface area contributed by atoms with E-state index in [2.05, 4.69) is 6.92 Å². The molecule has 1 aromatic heterocycles. The second-order valence-corrected chi connectivity index (χ2v) is 5.62. The Bertz CT molecular complexity index is 995. The van der Waals surface area contributed by atoms with E-state index in [4.69, 9.17) is 9.15 Å². The molecule has 25 heavy (non-hydrogen) atoms. The second kappa shape index (κ2) is 7.18. The van der Waals surface area contributed by atoms with Crippen LogP contribution in [0.2, 0.25) is 0 Å². The first-order valence-corrected chi connectivity index (χ1v) is 8.04. The van der Waals surface area contributed by atoms with Crippen LogP contribution in [0.1, 0.15) is 28.4 Å². The first-order valence-electron chi connectivity index (χ1n) is 8.04. The van der Waals surface area contributed by atoms with Gasteiger partial charge in [-0.25, -0.2) is 4.79 Å². The molecular formula is C21H18O4. The van der Waals surface area contributed by atoms with Gasteiger partial charge in [0.1, 0.15) is 5.56 Å². The number of methoxy groups -OCH3 is 1. The summed E-state index contributed by atoms with van der Waals surface area (Å²) in [5, 5.41) is 0.642. The SMILES string of the molecule is CCc1ccc(/C=C/C(=O)c2cc3cccc(OC)c3oc2=O)cc1. The first kappa shape index (κ1) is 16.7. The molecule has 0 saturated carbocycles. The molecule has 0 atom stereocenters. The predicted molar refractivity (Wildman–Crippen MR) is 98.2 cm³/mol. The molecule has 0 fully saturated rings. The highest BCUT2D eigenvalue weighted by molar-refractivity contribution is 6.08. The number of ketones is 1. The third-order valence-electron chi connectivity index (χ3n) is 4.02. The Morgan fingerprint density at radius 3 is 2.60 bits per heavy atom. The van der Waals surface area contributed by atoms with Crippen molar-refractivity contribution in [1.82, 2.24) is 0 Å². The number of rotatable bonds is 5. The summed E-state index contributed by atoms with van der Waals surface area (Å²) in [5.41, 5.74) is 1.80. The first-order chi connectivity index (χ1) is 12.1. The monoisotopic (exact) mass is 334 g/mol. The van der Waals surface area contributed by atoms with E-state index in [0.717, 1.165) is 12.0 Å². The van der Waals surface area contributed by atoms with Gasteiger partial charge < -0.3 is 9.15 Å². The molecule has 3 rings (SSSR count). The van der Waals surface area contributed by atoms with Gasteiger partial charge in [0, 0.05) is 5.39 Å². The molecule has 0 saturated heterocycles. The molecule has 0 bridgehead atoms. The van der Waals surface area contributed by atoms with E-state index in [1.807, 2.05) is 24.3 Å². The number of aryl methyl sites for hydroxylation is 1. The molecule has 2 aromatic carbocycles. The zero-order valence-corrected chi connectivity index (χ0v) is 14.1. The highest BCUT2D eigenvalue weighted by atomic mass is 16.5. The summed E-state index contributed by atoms with van der Waals surface area (Å²) in [5.74, 6) is 0.0678. The minimum atomic E-state index is -0.673. The summed E-state index contributed by atoms with van der Waals surface area (Å²) in [4.78, 5) is 24.5. The Morgan fingerprint density at radius 1 is 1.16 bits per heavy atom. The molecule has 0 radical (unpaired) electrons. The maximum absolute atomic E-state index is 12.4. The number of hydrogen-bond donors (Lipinski definition) is 0. The average molecular weight is 334 g/mol. The summed E-state index contributed by atoms with van der Waals surface area (Å²) in [6.07, 6.45) is 4.04. The third kappa shape index (κ3) is 3.53. The van der Waals surface area contributed by atoms with E-state index in [9.17, 15) is 9.59 Å². The lowest BCUT2D eigenvalue weighted by Crippen LogP contribution is -2.12. The van der Waals surface area contributed by atoms with Crippen molar-refractivity contribution in [2.24, 2.45) is 0 Å². The number of benzene rings is 2. The van der Waals surface area contributed by atoms with Crippen molar-refractivity contribution in [3.8, 4) is 5.75 Å². The zero-order valence-electron chi connectivity index (χ0n) is 14.1. The number of carbonyl (C=O) groups is 1. The highest BCUT2D eigenvalue weighted by Crippen LogP contribution is 2.24. The van der Waals surface area contributed by atoms with Crippen LogP contribution in [0.4, 0.5) is 0 Å². The van der Waals surface area contributed by atoms with Crippen LogP contribution in [0.25, 0.3) is 17.0 Å². The van der Waals surface area contributed by atoms with Gasteiger partial charge in [-0.05, 0) is 35.8 Å². The highest BCUT2D eigenvalue weighted by Gasteiger charge is 2.13. The van der Waals surface area contributed by atoms with Gasteiger partial charge in [-0.15, -0.1) is 0 Å². The van der Waals surface area contributed by atoms with Crippen LogP contribution in [-0.2, 0) is 6.42 Å². The Hall–Kier alpha value is -3.14. The van der Waals surface area contributed by atoms with Crippen LogP contribution in [0.5, 0.6) is 5.75 Å². The lowest BCUT2D eigenvalue weighted by atomic mass is 10.1. The van der Waals surface area contributed by atoms with E-state index >= 15 is 0 Å². The van der Waals surface area contributed by atoms with E-state index < -0.39 is 11.4 Å². The van der Waals surface area contributed by atoms with Gasteiger partial charge in [-0.2, -0.15) is 0 Å². The number of carbonyl (C=O) groups excluding carboxylic acids is 1. The van der Waals surface area contributed by atoms with Crippen LogP contribution in [0.15, 0.2) is 63.8 Å². The zero-order chi connectivity index (χ0) is 17.8. The topological polar surface area (TPSA) is 56.5 Å². The number of fused-ring (bicyclic) bond motifs is 1. The molecule has 1 heterocycles. The fraction of sp³-hybridized carbons (Fsp3) is 0.143. The van der Waals surface area contributed by atoms with Crippen LogP contribution in [0, 0.1) is 0 Å². The summed E-state index contributed by atoms with van der Waals surface area (Å²) < 4.78 is 10.5. The van der Waals surface area contributed by atoms with Crippen molar-refractivity contribution < 1.29 is 13.9 Å². The van der Waals surface area contributed by atoms with Crippen molar-refractivity contribution in [3.63, 3.8) is 0 Å². The number of para-hydroxylation sites is 1. The Morgan fingerprint density at radius 2 is 1.92 bits per heavy atom. The number of ether oxygens (including phenoxy) is 1. The lowest BCUT2D eigenvalue weighted by molar-refractivity contribution is 0.104. The molecular weight excluding hydrogens is 316 g/mol. The maximum atomic E-state index is 12.4. The summed E-state index contributed by atoms with van der Waals surface area (Å²) >= 11 is 0. The minimum absolute atomic E-state index is 0.00202. The fourth-order valence-corrected chi connectivity index (χ4v) is 2.58. The van der Waals surface area contributed by atoms with Crippen molar-refractivity contribution in [1.29, 1.82) is 0 Å². The molecule has 4 nitrogen and oxygen atoms in total. The Balaban J connectivity index is 1.92. The van der Waals surface area contributed by atoms with Crippen LogP contribution in [-0.4, -0.2) is 12.9 Å². The van der Waals surface area contributed by atoms with Crippen molar-refractivity contribution >= 4 is 22.8 Å². The lowest BCUT2D eigenvalue weighted by Gasteiger charge is -2.04. The molecule has 3 aromatic rings. The smallest absolute Gasteiger partial charge is 0.347 e. The van der Waals surface area contributed by atoms with Crippen molar-refractivity contribution in [3.05, 3.63) is 81.7 Å². The molecule has 0 aliphatic heterocycles. The maximum Gasteiger partial charge on any atom is 0.347 e. The van der Waals surface area contributed by atoms with Gasteiger partial charge in [-0.3, -0.25) is 4.79 Å². The van der Waals surface area contributed by atoms with Gasteiger partial charge in [0.05, 0.1) is 7.11 Å². The summed E-state index contributed by atoms with van der Waals surface area (Å²) in [6, 6.07) is 14.7. The molecule has 0 aliphatic carbocycles. The Kier molecular flexibility index (Phi) is 4.80. The van der Waals surface area contributed by atoms with E-state index in [0.29, 0.717) is 16.7 Å².